The maximum atomic E-state index is 5.17. The summed E-state index contributed by atoms with van der Waals surface area (Å²) >= 11 is 3.32. The minimum atomic E-state index is 0.826. The van der Waals surface area contributed by atoms with E-state index < -0.39 is 0 Å². The molecule has 1 aromatic heterocycles. The summed E-state index contributed by atoms with van der Waals surface area (Å²) in [4.78, 5) is 0. The highest BCUT2D eigenvalue weighted by Crippen LogP contribution is 2.28. The van der Waals surface area contributed by atoms with E-state index in [1.807, 2.05) is 24.3 Å². The number of benzene rings is 2. The quantitative estimate of drug-likeness (QED) is 0.607. The van der Waals surface area contributed by atoms with Crippen LogP contribution >= 0.6 is 23.1 Å². The van der Waals surface area contributed by atoms with Crippen molar-refractivity contribution in [2.24, 2.45) is 0 Å². The first-order chi connectivity index (χ1) is 11.7. The minimum absolute atomic E-state index is 0.826. The Morgan fingerprint density at radius 3 is 2.71 bits per heavy atom. The average Bonchev–Trinajstić information content (AvgIpc) is 3.03. The van der Waals surface area contributed by atoms with Gasteiger partial charge in [0.1, 0.15) is 5.75 Å². The number of ether oxygens (including phenoxy) is 1. The molecular formula is C18H19N3OS2. The molecule has 0 atom stereocenters. The number of anilines is 2. The van der Waals surface area contributed by atoms with Crippen molar-refractivity contribution >= 4 is 33.9 Å². The fourth-order valence-electron chi connectivity index (χ4n) is 2.21. The lowest BCUT2D eigenvalue weighted by molar-refractivity contribution is 0.414. The number of aromatic nitrogens is 2. The normalized spacial score (nSPS) is 10.6. The summed E-state index contributed by atoms with van der Waals surface area (Å²) in [5.41, 5.74) is 3.56. The summed E-state index contributed by atoms with van der Waals surface area (Å²) in [6.07, 6.45) is 0.995. The molecule has 3 aromatic rings. The summed E-state index contributed by atoms with van der Waals surface area (Å²) in [5.74, 6) is 1.87. The molecule has 2 aromatic carbocycles. The minimum Gasteiger partial charge on any atom is -0.497 e. The Bertz CT molecular complexity index is 787. The van der Waals surface area contributed by atoms with Crippen molar-refractivity contribution in [3.63, 3.8) is 0 Å². The van der Waals surface area contributed by atoms with Gasteiger partial charge in [0.15, 0.2) is 4.34 Å². The highest BCUT2D eigenvalue weighted by molar-refractivity contribution is 8.01. The molecule has 124 valence electrons. The van der Waals surface area contributed by atoms with Gasteiger partial charge in [0.2, 0.25) is 5.13 Å². The Morgan fingerprint density at radius 2 is 1.96 bits per heavy atom. The van der Waals surface area contributed by atoms with Crippen molar-refractivity contribution in [2.75, 3.05) is 18.2 Å². The van der Waals surface area contributed by atoms with Gasteiger partial charge in [0.25, 0.3) is 0 Å². The molecule has 0 aliphatic rings. The highest BCUT2D eigenvalue weighted by atomic mass is 32.2. The molecule has 24 heavy (non-hydrogen) atoms. The Kier molecular flexibility index (Phi) is 5.72. The summed E-state index contributed by atoms with van der Waals surface area (Å²) < 4.78 is 6.16. The second-order valence-corrected chi connectivity index (χ2v) is 7.63. The van der Waals surface area contributed by atoms with Gasteiger partial charge >= 0.3 is 0 Å². The van der Waals surface area contributed by atoms with Crippen LogP contribution < -0.4 is 10.1 Å². The van der Waals surface area contributed by atoms with Crippen LogP contribution in [0.1, 0.15) is 11.1 Å². The summed E-state index contributed by atoms with van der Waals surface area (Å²) in [6.45, 7) is 2.08. The van der Waals surface area contributed by atoms with Crippen LogP contribution in [0.2, 0.25) is 0 Å². The molecule has 0 aliphatic heterocycles. The molecule has 3 rings (SSSR count). The molecule has 0 saturated heterocycles. The third-order valence-corrected chi connectivity index (χ3v) is 5.42. The third kappa shape index (κ3) is 4.72. The van der Waals surface area contributed by atoms with Gasteiger partial charge in [-0.25, -0.2) is 0 Å². The van der Waals surface area contributed by atoms with Crippen molar-refractivity contribution in [3.8, 4) is 5.75 Å². The smallest absolute Gasteiger partial charge is 0.210 e. The van der Waals surface area contributed by atoms with E-state index in [4.69, 9.17) is 4.74 Å². The number of thioether (sulfide) groups is 1. The molecule has 0 radical (unpaired) electrons. The van der Waals surface area contributed by atoms with Gasteiger partial charge in [0.05, 0.1) is 7.11 Å². The predicted octanol–water partition coefficient (Wildman–Crippen LogP) is 4.93. The molecular weight excluding hydrogens is 338 g/mol. The first-order valence-corrected chi connectivity index (χ1v) is 9.46. The van der Waals surface area contributed by atoms with Crippen LogP contribution in [0.5, 0.6) is 5.75 Å². The molecule has 0 spiro atoms. The largest absolute Gasteiger partial charge is 0.497 e. The molecule has 1 N–H and O–H groups in total. The number of hydrogen-bond acceptors (Lipinski definition) is 6. The van der Waals surface area contributed by atoms with Gasteiger partial charge in [-0.3, -0.25) is 0 Å². The van der Waals surface area contributed by atoms with Crippen molar-refractivity contribution in [1.29, 1.82) is 0 Å². The number of methoxy groups -OCH3 is 1. The second-order valence-electron chi connectivity index (χ2n) is 5.31. The van der Waals surface area contributed by atoms with E-state index >= 15 is 0 Å². The zero-order valence-corrected chi connectivity index (χ0v) is 15.3. The van der Waals surface area contributed by atoms with Crippen molar-refractivity contribution < 1.29 is 4.74 Å². The lowest BCUT2D eigenvalue weighted by atomic mass is 10.2. The van der Waals surface area contributed by atoms with Gasteiger partial charge in [-0.05, 0) is 48.7 Å². The van der Waals surface area contributed by atoms with Crippen LogP contribution in [0.4, 0.5) is 10.8 Å². The second kappa shape index (κ2) is 8.17. The summed E-state index contributed by atoms with van der Waals surface area (Å²) in [7, 11) is 1.68. The molecule has 0 unspecified atom stereocenters. The lowest BCUT2D eigenvalue weighted by Gasteiger charge is -2.02. The van der Waals surface area contributed by atoms with Crippen LogP contribution in [0.25, 0.3) is 0 Å². The SMILES string of the molecule is COc1ccc(CCSc2nnc(Nc3cccc(C)c3)s2)cc1. The molecule has 0 fully saturated rings. The van der Waals surface area contributed by atoms with E-state index in [1.54, 1.807) is 30.2 Å². The van der Waals surface area contributed by atoms with E-state index in [-0.39, 0.29) is 0 Å². The first-order valence-electron chi connectivity index (χ1n) is 7.66. The fraction of sp³-hybridized carbons (Fsp3) is 0.222. The molecule has 1 heterocycles. The van der Waals surface area contributed by atoms with Crippen LogP contribution in [-0.2, 0) is 6.42 Å². The van der Waals surface area contributed by atoms with Crippen molar-refractivity contribution in [2.45, 2.75) is 17.7 Å². The number of nitrogens with zero attached hydrogens (tertiary/aromatic N) is 2. The van der Waals surface area contributed by atoms with E-state index in [9.17, 15) is 0 Å². The highest BCUT2D eigenvalue weighted by Gasteiger charge is 2.05. The van der Waals surface area contributed by atoms with E-state index in [0.717, 1.165) is 33.1 Å². The maximum absolute atomic E-state index is 5.17. The zero-order chi connectivity index (χ0) is 16.8. The van der Waals surface area contributed by atoms with Gasteiger partial charge < -0.3 is 10.1 Å². The molecule has 0 aliphatic carbocycles. The van der Waals surface area contributed by atoms with Crippen LogP contribution in [0.15, 0.2) is 52.9 Å². The van der Waals surface area contributed by atoms with Gasteiger partial charge in [-0.2, -0.15) is 0 Å². The maximum Gasteiger partial charge on any atom is 0.210 e. The Balaban J connectivity index is 1.50. The molecule has 0 bridgehead atoms. The van der Waals surface area contributed by atoms with Crippen LogP contribution in [0, 0.1) is 6.92 Å². The number of aryl methyl sites for hydroxylation is 2. The predicted molar refractivity (Wildman–Crippen MR) is 102 cm³/mol. The van der Waals surface area contributed by atoms with Gasteiger partial charge in [-0.1, -0.05) is 47.4 Å². The van der Waals surface area contributed by atoms with Gasteiger partial charge in [0, 0.05) is 11.4 Å². The lowest BCUT2D eigenvalue weighted by Crippen LogP contribution is -1.89. The number of rotatable bonds is 7. The van der Waals surface area contributed by atoms with Crippen molar-refractivity contribution in [3.05, 3.63) is 59.7 Å². The molecule has 0 amide bonds. The fourth-order valence-corrected chi connectivity index (χ4v) is 4.04. The Morgan fingerprint density at radius 1 is 1.12 bits per heavy atom. The van der Waals surface area contributed by atoms with E-state index in [2.05, 4.69) is 46.7 Å². The monoisotopic (exact) mass is 357 g/mol. The van der Waals surface area contributed by atoms with Gasteiger partial charge in [-0.15, -0.1) is 10.2 Å². The van der Waals surface area contributed by atoms with Crippen LogP contribution in [-0.4, -0.2) is 23.1 Å². The number of hydrogen-bond donors (Lipinski definition) is 1. The Labute approximate surface area is 150 Å². The van der Waals surface area contributed by atoms with E-state index in [1.165, 1.54) is 11.1 Å². The van der Waals surface area contributed by atoms with Crippen molar-refractivity contribution in [1.82, 2.24) is 10.2 Å². The average molecular weight is 358 g/mol. The van der Waals surface area contributed by atoms with Crippen LogP contribution in [0.3, 0.4) is 0 Å². The first kappa shape index (κ1) is 16.8. The van der Waals surface area contributed by atoms with E-state index in [0.29, 0.717) is 0 Å². The summed E-state index contributed by atoms with van der Waals surface area (Å²) in [6, 6.07) is 16.4. The molecule has 0 saturated carbocycles. The topological polar surface area (TPSA) is 47.0 Å². The zero-order valence-electron chi connectivity index (χ0n) is 13.7. The third-order valence-electron chi connectivity index (χ3n) is 3.45. The standard InChI is InChI=1S/C18H19N3OS2/c1-13-4-3-5-15(12-13)19-17-20-21-18(24-17)23-11-10-14-6-8-16(22-2)9-7-14/h3-9,12H,10-11H2,1-2H3,(H,19,20). The molecule has 4 nitrogen and oxygen atoms in total. The summed E-state index contributed by atoms with van der Waals surface area (Å²) in [5, 5.41) is 12.6. The Hall–Kier alpha value is -2.05. The number of nitrogens with one attached hydrogen (secondary N) is 1. The molecule has 6 heteroatoms.